The Bertz CT molecular complexity index is 746. The minimum atomic E-state index is -0.281. The molecule has 3 amide bonds. The average Bonchev–Trinajstić information content (AvgIpc) is 3.03. The number of aryl methyl sites for hydroxylation is 1. The van der Waals surface area contributed by atoms with Gasteiger partial charge in [-0.3, -0.25) is 14.4 Å². The molecule has 2 saturated heterocycles. The molecule has 0 bridgehead atoms. The number of anilines is 1. The number of amides is 3. The van der Waals surface area contributed by atoms with Crippen molar-refractivity contribution in [3.8, 4) is 0 Å². The third-order valence-corrected chi connectivity index (χ3v) is 5.81. The topological polar surface area (TPSA) is 69.7 Å². The highest BCUT2D eigenvalue weighted by Gasteiger charge is 2.38. The molecule has 2 heterocycles. The fourth-order valence-electron chi connectivity index (χ4n) is 4.11. The lowest BCUT2D eigenvalue weighted by atomic mass is 9.96. The van der Waals surface area contributed by atoms with Crippen molar-refractivity contribution in [2.45, 2.75) is 40.0 Å². The molecule has 0 aromatic heterocycles. The molecule has 27 heavy (non-hydrogen) atoms. The number of nitrogens with zero attached hydrogens (tertiary/aromatic N) is 2. The molecule has 0 radical (unpaired) electrons. The fourth-order valence-corrected chi connectivity index (χ4v) is 4.11. The molecule has 0 aliphatic carbocycles. The molecule has 1 aromatic carbocycles. The summed E-state index contributed by atoms with van der Waals surface area (Å²) in [6, 6.07) is 5.94. The molecule has 0 saturated carbocycles. The summed E-state index contributed by atoms with van der Waals surface area (Å²) in [6.45, 7) is 8.02. The van der Waals surface area contributed by atoms with Crippen LogP contribution in [0.3, 0.4) is 0 Å². The Morgan fingerprint density at radius 1 is 1.22 bits per heavy atom. The summed E-state index contributed by atoms with van der Waals surface area (Å²) in [5, 5.41) is 2.85. The number of benzene rings is 1. The molecule has 6 nitrogen and oxygen atoms in total. The Kier molecular flexibility index (Phi) is 5.82. The monoisotopic (exact) mass is 371 g/mol. The number of hydrogen-bond acceptors (Lipinski definition) is 3. The van der Waals surface area contributed by atoms with E-state index in [-0.39, 0.29) is 30.1 Å². The Balaban J connectivity index is 1.65. The van der Waals surface area contributed by atoms with Crippen molar-refractivity contribution in [1.29, 1.82) is 0 Å². The summed E-state index contributed by atoms with van der Waals surface area (Å²) in [6.07, 6.45) is 2.23. The number of piperidine rings is 1. The SMILES string of the molecule is CC(=O)NCC1CCCN(C(=O)C2CC(=O)N(c3cccc(C)c3C)C2)C1. The molecule has 2 aliphatic rings. The molecule has 3 rings (SSSR count). The molecule has 2 aliphatic heterocycles. The number of carbonyl (C=O) groups excluding carboxylic acids is 3. The quantitative estimate of drug-likeness (QED) is 0.880. The molecule has 2 fully saturated rings. The average molecular weight is 371 g/mol. The second kappa shape index (κ2) is 8.11. The smallest absolute Gasteiger partial charge is 0.228 e. The first-order valence-electron chi connectivity index (χ1n) is 9.76. The van der Waals surface area contributed by atoms with E-state index in [1.165, 1.54) is 6.92 Å². The van der Waals surface area contributed by atoms with Gasteiger partial charge < -0.3 is 15.1 Å². The zero-order valence-corrected chi connectivity index (χ0v) is 16.5. The molecular weight excluding hydrogens is 342 g/mol. The van der Waals surface area contributed by atoms with Crippen LogP contribution in [0, 0.1) is 25.7 Å². The lowest BCUT2D eigenvalue weighted by Gasteiger charge is -2.34. The minimum absolute atomic E-state index is 0.0221. The first-order chi connectivity index (χ1) is 12.9. The van der Waals surface area contributed by atoms with Crippen molar-refractivity contribution in [3.63, 3.8) is 0 Å². The molecular formula is C21H29N3O3. The third kappa shape index (κ3) is 4.31. The van der Waals surface area contributed by atoms with Gasteiger partial charge in [-0.1, -0.05) is 12.1 Å². The van der Waals surface area contributed by atoms with Crippen LogP contribution in [0.15, 0.2) is 18.2 Å². The van der Waals surface area contributed by atoms with Gasteiger partial charge in [0.05, 0.1) is 5.92 Å². The van der Waals surface area contributed by atoms with Gasteiger partial charge >= 0.3 is 0 Å². The van der Waals surface area contributed by atoms with Crippen molar-refractivity contribution >= 4 is 23.4 Å². The van der Waals surface area contributed by atoms with Gasteiger partial charge in [-0.15, -0.1) is 0 Å². The highest BCUT2D eigenvalue weighted by molar-refractivity contribution is 6.01. The first kappa shape index (κ1) is 19.4. The lowest BCUT2D eigenvalue weighted by molar-refractivity contribution is -0.137. The summed E-state index contributed by atoms with van der Waals surface area (Å²) in [4.78, 5) is 40.4. The summed E-state index contributed by atoms with van der Waals surface area (Å²) in [5.74, 6) is 0.0669. The standard InChI is InChI=1S/C21H29N3O3/c1-14-6-4-8-19(15(14)2)24-13-18(10-20(24)26)21(27)23-9-5-7-17(12-23)11-22-16(3)25/h4,6,8,17-18H,5,7,9-13H2,1-3H3,(H,22,25). The van der Waals surface area contributed by atoms with Gasteiger partial charge in [0.1, 0.15) is 0 Å². The predicted molar refractivity (Wildman–Crippen MR) is 104 cm³/mol. The van der Waals surface area contributed by atoms with Crippen molar-refractivity contribution in [2.24, 2.45) is 11.8 Å². The molecule has 0 spiro atoms. The normalized spacial score (nSPS) is 22.9. The van der Waals surface area contributed by atoms with Gasteiger partial charge in [0, 0.05) is 45.2 Å². The lowest BCUT2D eigenvalue weighted by Crippen LogP contribution is -2.46. The summed E-state index contributed by atoms with van der Waals surface area (Å²) >= 11 is 0. The highest BCUT2D eigenvalue weighted by atomic mass is 16.2. The maximum absolute atomic E-state index is 13.0. The van der Waals surface area contributed by atoms with Gasteiger partial charge in [0.2, 0.25) is 17.7 Å². The van der Waals surface area contributed by atoms with Crippen LogP contribution >= 0.6 is 0 Å². The Hall–Kier alpha value is -2.37. The van der Waals surface area contributed by atoms with Gasteiger partial charge in [-0.05, 0) is 49.8 Å². The van der Waals surface area contributed by atoms with E-state index < -0.39 is 0 Å². The number of hydrogen-bond donors (Lipinski definition) is 1. The van der Waals surface area contributed by atoms with Crippen LogP contribution in [0.25, 0.3) is 0 Å². The van der Waals surface area contributed by atoms with Gasteiger partial charge in [0.25, 0.3) is 0 Å². The largest absolute Gasteiger partial charge is 0.356 e. The number of likely N-dealkylation sites (tertiary alicyclic amines) is 1. The van der Waals surface area contributed by atoms with Gasteiger partial charge in [-0.2, -0.15) is 0 Å². The fraction of sp³-hybridized carbons (Fsp3) is 0.571. The maximum atomic E-state index is 13.0. The van der Waals surface area contributed by atoms with E-state index in [0.717, 1.165) is 36.2 Å². The van der Waals surface area contributed by atoms with Gasteiger partial charge in [-0.25, -0.2) is 0 Å². The van der Waals surface area contributed by atoms with E-state index in [1.54, 1.807) is 4.90 Å². The summed E-state index contributed by atoms with van der Waals surface area (Å²) in [5.41, 5.74) is 3.15. The van der Waals surface area contributed by atoms with Crippen LogP contribution in [-0.2, 0) is 14.4 Å². The van der Waals surface area contributed by atoms with Crippen LogP contribution in [0.2, 0.25) is 0 Å². The second-order valence-corrected chi connectivity index (χ2v) is 7.85. The van der Waals surface area contributed by atoms with E-state index in [4.69, 9.17) is 0 Å². The molecule has 146 valence electrons. The van der Waals surface area contributed by atoms with Crippen molar-refractivity contribution < 1.29 is 14.4 Å². The molecule has 6 heteroatoms. The first-order valence-corrected chi connectivity index (χ1v) is 9.76. The Labute approximate surface area is 160 Å². The maximum Gasteiger partial charge on any atom is 0.228 e. The van der Waals surface area contributed by atoms with Crippen LogP contribution in [0.4, 0.5) is 5.69 Å². The van der Waals surface area contributed by atoms with Crippen molar-refractivity contribution in [3.05, 3.63) is 29.3 Å². The van der Waals surface area contributed by atoms with E-state index in [2.05, 4.69) is 5.32 Å². The minimum Gasteiger partial charge on any atom is -0.356 e. The molecule has 1 aromatic rings. The third-order valence-electron chi connectivity index (χ3n) is 5.81. The van der Waals surface area contributed by atoms with Crippen LogP contribution in [0.1, 0.15) is 37.3 Å². The van der Waals surface area contributed by atoms with E-state index in [0.29, 0.717) is 25.6 Å². The zero-order chi connectivity index (χ0) is 19.6. The summed E-state index contributed by atoms with van der Waals surface area (Å²) < 4.78 is 0. The van der Waals surface area contributed by atoms with Crippen LogP contribution in [0.5, 0.6) is 0 Å². The van der Waals surface area contributed by atoms with E-state index in [1.807, 2.05) is 36.9 Å². The second-order valence-electron chi connectivity index (χ2n) is 7.85. The Morgan fingerprint density at radius 2 is 2.00 bits per heavy atom. The molecule has 1 N–H and O–H groups in total. The van der Waals surface area contributed by atoms with Crippen LogP contribution < -0.4 is 10.2 Å². The number of nitrogens with one attached hydrogen (secondary N) is 1. The number of rotatable bonds is 4. The van der Waals surface area contributed by atoms with E-state index >= 15 is 0 Å². The Morgan fingerprint density at radius 3 is 2.74 bits per heavy atom. The predicted octanol–water partition coefficient (Wildman–Crippen LogP) is 2.03. The van der Waals surface area contributed by atoms with Gasteiger partial charge in [0.15, 0.2) is 0 Å². The summed E-state index contributed by atoms with van der Waals surface area (Å²) in [7, 11) is 0. The zero-order valence-electron chi connectivity index (χ0n) is 16.5. The molecule has 2 atom stereocenters. The van der Waals surface area contributed by atoms with Crippen molar-refractivity contribution in [2.75, 3.05) is 31.1 Å². The van der Waals surface area contributed by atoms with Crippen molar-refractivity contribution in [1.82, 2.24) is 10.2 Å². The van der Waals surface area contributed by atoms with Crippen LogP contribution in [-0.4, -0.2) is 48.8 Å². The number of carbonyl (C=O) groups is 3. The highest BCUT2D eigenvalue weighted by Crippen LogP contribution is 2.31. The molecule has 2 unspecified atom stereocenters. The van der Waals surface area contributed by atoms with E-state index in [9.17, 15) is 14.4 Å².